The largest absolute Gasteiger partial charge is 0.762 e. The van der Waals surface area contributed by atoms with E-state index in [-0.39, 0.29) is 13.2 Å². The van der Waals surface area contributed by atoms with Crippen LogP contribution >= 0.6 is 0 Å². The quantitative estimate of drug-likeness (QED) is 0.462. The molecular formula is C6H14BF3O4. The van der Waals surface area contributed by atoms with Crippen molar-refractivity contribution in [1.82, 2.24) is 0 Å². The summed E-state index contributed by atoms with van der Waals surface area (Å²) >= 11 is 0. The van der Waals surface area contributed by atoms with Gasteiger partial charge in [-0.3, -0.25) is 12.9 Å². The minimum atomic E-state index is -3.67. The van der Waals surface area contributed by atoms with Crippen molar-refractivity contribution >= 4 is 7.54 Å². The maximum atomic E-state index is 9.67. The first-order valence-electron chi connectivity index (χ1n) is 3.94. The molecule has 86 valence electrons. The van der Waals surface area contributed by atoms with Crippen LogP contribution in [0, 0.1) is 0 Å². The lowest BCUT2D eigenvalue weighted by Crippen LogP contribution is -2.09. The predicted octanol–water partition coefficient (Wildman–Crippen LogP) is -0.116. The molecule has 0 saturated heterocycles. The van der Waals surface area contributed by atoms with Gasteiger partial charge in [-0.05, 0) is 0 Å². The second-order valence-corrected chi connectivity index (χ2v) is 1.92. The molecule has 8 heteroatoms. The number of ether oxygens (including phenoxy) is 2. The average Bonchev–Trinajstić information content (AvgIpc) is 2.10. The maximum absolute atomic E-state index is 9.67. The first-order valence-corrected chi connectivity index (χ1v) is 3.94. The van der Waals surface area contributed by atoms with E-state index in [4.69, 9.17) is 19.7 Å². The summed E-state index contributed by atoms with van der Waals surface area (Å²) in [6, 6.07) is 0. The molecule has 0 radical (unpaired) electrons. The summed E-state index contributed by atoms with van der Waals surface area (Å²) < 4.78 is 38.7. The molecule has 0 aromatic rings. The molecule has 0 spiro atoms. The van der Waals surface area contributed by atoms with Crippen molar-refractivity contribution in [3.63, 3.8) is 0 Å². The number of aliphatic hydroxyl groups is 2. The Kier molecular flexibility index (Phi) is 17.5. The highest BCUT2D eigenvalue weighted by Gasteiger charge is 2.06. The molecule has 0 unspecified atom stereocenters. The van der Waals surface area contributed by atoms with E-state index in [1.807, 2.05) is 0 Å². The number of hydrogen-bond acceptors (Lipinski definition) is 4. The molecule has 0 heterocycles. The average molecular weight is 218 g/mol. The molecule has 0 aromatic heterocycles. The lowest BCUT2D eigenvalue weighted by molar-refractivity contribution is 0.0222. The van der Waals surface area contributed by atoms with Gasteiger partial charge in [-0.25, -0.2) is 0 Å². The van der Waals surface area contributed by atoms with Crippen LogP contribution in [-0.4, -0.2) is 57.4 Å². The van der Waals surface area contributed by atoms with Crippen molar-refractivity contribution < 1.29 is 32.6 Å². The van der Waals surface area contributed by atoms with E-state index >= 15 is 0 Å². The Hall–Kier alpha value is -0.305. The van der Waals surface area contributed by atoms with Crippen LogP contribution < -0.4 is 0 Å². The van der Waals surface area contributed by atoms with Crippen LogP contribution in [0.4, 0.5) is 12.9 Å². The van der Waals surface area contributed by atoms with Crippen LogP contribution in [0.3, 0.4) is 0 Å². The second kappa shape index (κ2) is 15.2. The highest BCUT2D eigenvalue weighted by molar-refractivity contribution is 6.33. The van der Waals surface area contributed by atoms with Gasteiger partial charge in [0.25, 0.3) is 0 Å². The Bertz CT molecular complexity index is 88.4. The molecule has 0 aliphatic rings. The molecule has 0 fully saturated rings. The van der Waals surface area contributed by atoms with Crippen LogP contribution in [0.5, 0.6) is 0 Å². The molecule has 14 heavy (non-hydrogen) atoms. The Labute approximate surface area is 80.9 Å². The van der Waals surface area contributed by atoms with Crippen molar-refractivity contribution in [1.29, 1.82) is 0 Å². The van der Waals surface area contributed by atoms with Crippen molar-refractivity contribution in [2.75, 3.05) is 39.6 Å². The second-order valence-electron chi connectivity index (χ2n) is 1.92. The van der Waals surface area contributed by atoms with Crippen LogP contribution in [-0.2, 0) is 9.47 Å². The third kappa shape index (κ3) is 29.8. The van der Waals surface area contributed by atoms with E-state index in [1.54, 1.807) is 0 Å². The van der Waals surface area contributed by atoms with Crippen LogP contribution in [0.1, 0.15) is 0 Å². The van der Waals surface area contributed by atoms with Crippen molar-refractivity contribution in [2.24, 2.45) is 0 Å². The fourth-order valence-electron chi connectivity index (χ4n) is 0.451. The molecule has 2 N–H and O–H groups in total. The number of halogens is 3. The zero-order valence-electron chi connectivity index (χ0n) is 7.66. The van der Waals surface area contributed by atoms with E-state index in [0.717, 1.165) is 0 Å². The molecular weight excluding hydrogens is 204 g/mol. The topological polar surface area (TPSA) is 58.9 Å². The Balaban J connectivity index is 0. The third-order valence-corrected chi connectivity index (χ3v) is 0.843. The zero-order valence-corrected chi connectivity index (χ0v) is 7.66. The molecule has 0 aliphatic heterocycles. The fraction of sp³-hybridized carbons (Fsp3) is 1.00. The van der Waals surface area contributed by atoms with Gasteiger partial charge in [0.1, 0.15) is 0 Å². The summed E-state index contributed by atoms with van der Waals surface area (Å²) in [5.74, 6) is 0. The fourth-order valence-corrected chi connectivity index (χ4v) is 0.451. The van der Waals surface area contributed by atoms with Crippen molar-refractivity contribution in [3.05, 3.63) is 0 Å². The minimum Gasteiger partial charge on any atom is -0.394 e. The van der Waals surface area contributed by atoms with Gasteiger partial charge in [-0.2, -0.15) is 0 Å². The summed E-state index contributed by atoms with van der Waals surface area (Å²) in [7, 11) is -3.67. The molecule has 0 atom stereocenters. The van der Waals surface area contributed by atoms with Crippen LogP contribution in [0.25, 0.3) is 0 Å². The van der Waals surface area contributed by atoms with Crippen molar-refractivity contribution in [2.45, 2.75) is 0 Å². The number of rotatable bonds is 7. The number of aliphatic hydroxyl groups excluding tert-OH is 2. The highest BCUT2D eigenvalue weighted by Crippen LogP contribution is 1.80. The summed E-state index contributed by atoms with van der Waals surface area (Å²) in [5, 5.41) is 16.5. The standard InChI is InChI=1S/C6H14O4.BF3/c7-1-3-9-5-6-10-4-2-8;2-1(3)4/h7-8H,1-6H2;. The first-order chi connectivity index (χ1) is 6.65. The van der Waals surface area contributed by atoms with E-state index < -0.39 is 7.54 Å². The number of hydrogen-bond donors (Lipinski definition) is 2. The van der Waals surface area contributed by atoms with Crippen LogP contribution in [0.15, 0.2) is 0 Å². The Morgan fingerprint density at radius 2 is 1.07 bits per heavy atom. The van der Waals surface area contributed by atoms with E-state index in [9.17, 15) is 12.9 Å². The van der Waals surface area contributed by atoms with Gasteiger partial charge in [0, 0.05) is 0 Å². The third-order valence-electron chi connectivity index (χ3n) is 0.843. The first kappa shape index (κ1) is 16.1. The molecule has 0 aromatic carbocycles. The Morgan fingerprint density at radius 3 is 1.29 bits per heavy atom. The van der Waals surface area contributed by atoms with Gasteiger partial charge < -0.3 is 19.7 Å². The van der Waals surface area contributed by atoms with E-state index in [0.29, 0.717) is 26.4 Å². The summed E-state index contributed by atoms with van der Waals surface area (Å²) in [6.07, 6.45) is 0. The molecule has 0 aliphatic carbocycles. The molecule has 4 nitrogen and oxygen atoms in total. The zero-order chi connectivity index (χ0) is 11.2. The lowest BCUT2D eigenvalue weighted by atomic mass is 10.5. The van der Waals surface area contributed by atoms with Gasteiger partial charge >= 0.3 is 7.54 Å². The summed E-state index contributed by atoms with van der Waals surface area (Å²) in [5.41, 5.74) is 0. The lowest BCUT2D eigenvalue weighted by Gasteiger charge is -2.01. The molecule has 0 amide bonds. The maximum Gasteiger partial charge on any atom is 0.762 e. The smallest absolute Gasteiger partial charge is 0.394 e. The van der Waals surface area contributed by atoms with Gasteiger partial charge in [0.15, 0.2) is 0 Å². The van der Waals surface area contributed by atoms with Gasteiger partial charge in [-0.1, -0.05) is 0 Å². The normalized spacial score (nSPS) is 9.21. The summed E-state index contributed by atoms with van der Waals surface area (Å²) in [6.45, 7) is 1.73. The van der Waals surface area contributed by atoms with Gasteiger partial charge in [0.2, 0.25) is 0 Å². The summed E-state index contributed by atoms with van der Waals surface area (Å²) in [4.78, 5) is 0. The van der Waals surface area contributed by atoms with E-state index in [2.05, 4.69) is 0 Å². The van der Waals surface area contributed by atoms with E-state index in [1.165, 1.54) is 0 Å². The van der Waals surface area contributed by atoms with Crippen LogP contribution in [0.2, 0.25) is 0 Å². The molecule has 0 rings (SSSR count). The molecule has 0 bridgehead atoms. The minimum absolute atomic E-state index is 0.0417. The van der Waals surface area contributed by atoms with Crippen molar-refractivity contribution in [3.8, 4) is 0 Å². The van der Waals surface area contributed by atoms with Gasteiger partial charge in [0.05, 0.1) is 39.6 Å². The predicted molar refractivity (Wildman–Crippen MR) is 44.9 cm³/mol. The Morgan fingerprint density at radius 1 is 0.786 bits per heavy atom. The SMILES string of the molecule is FB(F)F.OCCOCCOCCO. The van der Waals surface area contributed by atoms with Gasteiger partial charge in [-0.15, -0.1) is 0 Å². The monoisotopic (exact) mass is 218 g/mol. The molecule has 0 saturated carbocycles. The highest BCUT2D eigenvalue weighted by atomic mass is 19.4.